The number of alkyl halides is 6. The standard InChI is InChI=1S/C5H10O.C5H12O.C5H10.3C5H12.C4H7F3O.2C4H10.C2H3F3.C2H6/c1-5-2-3-6-4-5;1-5(2)4-6-3;1-5-3-2-4-5;1-5(2,3)4;2*1-4-5(2)3;1-3(8-2)4(5,6)7;2*1-4(2)3;1-2(3,4)5;1-2/h5H,2-4H2,1H3;5H,4H2,1-3H3;5H,2-4H2,1H3;1-4H3;2*5H,4H2,1-3H3;3H,1-2H3;2*4H,1-3H3;1H3;1-2H3. The van der Waals surface area contributed by atoms with Crippen LogP contribution in [0.25, 0.3) is 0 Å². The summed E-state index contributed by atoms with van der Waals surface area (Å²) in [6, 6.07) is 0. The summed E-state index contributed by atoms with van der Waals surface area (Å²) < 4.78 is 78.9. The van der Waals surface area contributed by atoms with Gasteiger partial charge in [0, 0.05) is 41.0 Å². The Kier molecular flexibility index (Phi) is 70.5. The maximum absolute atomic E-state index is 11.3. The average molecular weight is 819 g/mol. The van der Waals surface area contributed by atoms with Crippen LogP contribution in [0.1, 0.15) is 205 Å². The van der Waals surface area contributed by atoms with Crippen LogP contribution < -0.4 is 0 Å². The highest BCUT2D eigenvalue weighted by Gasteiger charge is 2.35. The van der Waals surface area contributed by atoms with Crippen LogP contribution in [0.2, 0.25) is 0 Å². The highest BCUT2D eigenvalue weighted by Crippen LogP contribution is 2.24. The number of halogens is 6. The minimum atomic E-state index is -4.21. The van der Waals surface area contributed by atoms with Crippen molar-refractivity contribution in [3.8, 4) is 0 Å². The Hall–Kier alpha value is -0.540. The predicted octanol–water partition coefficient (Wildman–Crippen LogP) is 17.8. The molecular weight excluding hydrogens is 714 g/mol. The van der Waals surface area contributed by atoms with Gasteiger partial charge in [0.2, 0.25) is 0 Å². The molecule has 1 aliphatic heterocycles. The van der Waals surface area contributed by atoms with Gasteiger partial charge in [0.1, 0.15) is 6.10 Å². The minimum Gasteiger partial charge on any atom is -0.384 e. The van der Waals surface area contributed by atoms with Gasteiger partial charge in [0.05, 0.1) is 0 Å². The van der Waals surface area contributed by atoms with Crippen molar-refractivity contribution in [3.05, 3.63) is 0 Å². The Balaban J connectivity index is -0.0000000611. The first kappa shape index (κ1) is 75.3. The van der Waals surface area contributed by atoms with Gasteiger partial charge in [0.25, 0.3) is 0 Å². The van der Waals surface area contributed by atoms with E-state index in [0.717, 1.165) is 69.4 Å². The molecule has 55 heavy (non-hydrogen) atoms. The summed E-state index contributed by atoms with van der Waals surface area (Å²) in [4.78, 5) is 0. The van der Waals surface area contributed by atoms with E-state index in [-0.39, 0.29) is 6.92 Å². The number of hydrogen-bond donors (Lipinski definition) is 0. The van der Waals surface area contributed by atoms with Crippen molar-refractivity contribution in [1.29, 1.82) is 0 Å². The van der Waals surface area contributed by atoms with E-state index in [1.54, 1.807) is 7.11 Å². The molecule has 9 heteroatoms. The van der Waals surface area contributed by atoms with E-state index >= 15 is 0 Å². The highest BCUT2D eigenvalue weighted by molar-refractivity contribution is 4.62. The number of methoxy groups -OCH3 is 2. The topological polar surface area (TPSA) is 27.7 Å². The molecule has 0 aromatic rings. The first-order valence-corrected chi connectivity index (χ1v) is 21.3. The zero-order valence-electron chi connectivity index (χ0n) is 42.0. The lowest BCUT2D eigenvalue weighted by atomic mass is 9.88. The van der Waals surface area contributed by atoms with Gasteiger partial charge in [0.15, 0.2) is 0 Å². The first-order valence-electron chi connectivity index (χ1n) is 21.3. The number of ether oxygens (including phenoxy) is 3. The van der Waals surface area contributed by atoms with Gasteiger partial charge in [-0.15, -0.1) is 0 Å². The predicted molar refractivity (Wildman–Crippen MR) is 236 cm³/mol. The molecule has 1 aliphatic carbocycles. The number of rotatable bonds is 5. The van der Waals surface area contributed by atoms with E-state index in [0.29, 0.717) is 11.3 Å². The maximum atomic E-state index is 11.3. The summed E-state index contributed by atoms with van der Waals surface area (Å²) >= 11 is 0. The van der Waals surface area contributed by atoms with Crippen LogP contribution in [-0.4, -0.2) is 52.5 Å². The number of hydrogen-bond acceptors (Lipinski definition) is 3. The van der Waals surface area contributed by atoms with E-state index in [1.165, 1.54) is 38.5 Å². The largest absolute Gasteiger partial charge is 0.414 e. The second-order valence-electron chi connectivity index (χ2n) is 18.1. The highest BCUT2D eigenvalue weighted by atomic mass is 19.4. The van der Waals surface area contributed by atoms with Gasteiger partial charge in [-0.1, -0.05) is 184 Å². The van der Waals surface area contributed by atoms with E-state index in [1.807, 2.05) is 13.8 Å². The lowest BCUT2D eigenvalue weighted by molar-refractivity contribution is -0.206. The molecule has 0 amide bonds. The van der Waals surface area contributed by atoms with Gasteiger partial charge in [-0.05, 0) is 60.2 Å². The van der Waals surface area contributed by atoms with Gasteiger partial charge < -0.3 is 14.2 Å². The molecule has 0 radical (unpaired) electrons. The third-order valence-electron chi connectivity index (χ3n) is 5.50. The summed E-state index contributed by atoms with van der Waals surface area (Å²) in [5, 5.41) is 0. The van der Waals surface area contributed by atoms with Gasteiger partial charge in [-0.3, -0.25) is 0 Å². The van der Waals surface area contributed by atoms with E-state index in [9.17, 15) is 26.3 Å². The zero-order valence-corrected chi connectivity index (χ0v) is 42.0. The lowest BCUT2D eigenvalue weighted by Gasteiger charge is -2.18. The molecule has 2 fully saturated rings. The Morgan fingerprint density at radius 1 is 0.582 bits per heavy atom. The van der Waals surface area contributed by atoms with Crippen molar-refractivity contribution < 1.29 is 40.6 Å². The monoisotopic (exact) mass is 819 g/mol. The summed E-state index contributed by atoms with van der Waals surface area (Å²) in [6.07, 6.45) is -1.53. The fraction of sp³-hybridized carbons (Fsp3) is 1.00. The van der Waals surface area contributed by atoms with E-state index in [4.69, 9.17) is 9.47 Å². The Morgan fingerprint density at radius 3 is 0.855 bits per heavy atom. The van der Waals surface area contributed by atoms with Gasteiger partial charge in [-0.25, -0.2) is 0 Å². The molecule has 2 aliphatic rings. The first-order chi connectivity index (χ1) is 24.5. The van der Waals surface area contributed by atoms with Crippen LogP contribution in [0, 0.1) is 46.8 Å². The Bertz CT molecular complexity index is 568. The van der Waals surface area contributed by atoms with Crippen LogP contribution in [0.4, 0.5) is 26.3 Å². The molecular formula is C46H104F6O3. The third-order valence-corrected chi connectivity index (χ3v) is 5.50. The van der Waals surface area contributed by atoms with Crippen LogP contribution in [0.3, 0.4) is 0 Å². The molecule has 0 spiro atoms. The third kappa shape index (κ3) is 188. The molecule has 2 unspecified atom stereocenters. The van der Waals surface area contributed by atoms with Crippen molar-refractivity contribution in [2.24, 2.45) is 46.8 Å². The fourth-order valence-corrected chi connectivity index (χ4v) is 1.73. The summed E-state index contributed by atoms with van der Waals surface area (Å²) in [5.41, 5.74) is 0.500. The normalized spacial score (nSPS) is 14.9. The van der Waals surface area contributed by atoms with Gasteiger partial charge in [-0.2, -0.15) is 26.3 Å². The molecule has 0 aromatic carbocycles. The van der Waals surface area contributed by atoms with E-state index < -0.39 is 18.5 Å². The van der Waals surface area contributed by atoms with Crippen molar-refractivity contribution in [2.45, 2.75) is 223 Å². The van der Waals surface area contributed by atoms with Crippen LogP contribution >= 0.6 is 0 Å². The minimum absolute atomic E-state index is 0.188. The Morgan fingerprint density at radius 2 is 0.836 bits per heavy atom. The summed E-state index contributed by atoms with van der Waals surface area (Å²) in [5.74, 6) is 6.00. The molecule has 0 bridgehead atoms. The van der Waals surface area contributed by atoms with Crippen LogP contribution in [-0.2, 0) is 14.2 Å². The molecule has 348 valence electrons. The van der Waals surface area contributed by atoms with Crippen molar-refractivity contribution >= 4 is 0 Å². The SMILES string of the molecule is CC.CC(C)(C)C.CC(C)C.CC(C)C.CC(F)(F)F.CC1CCC1.CC1CCOC1.CCC(C)C.CCC(C)C.COC(C)C(F)(F)F.COCC(C)C. The second kappa shape index (κ2) is 51.5. The molecule has 3 nitrogen and oxygen atoms in total. The van der Waals surface area contributed by atoms with Crippen molar-refractivity contribution in [3.63, 3.8) is 0 Å². The zero-order chi connectivity index (χ0) is 46.6. The molecule has 0 N–H and O–H groups in total. The maximum Gasteiger partial charge on any atom is 0.414 e. The second-order valence-corrected chi connectivity index (χ2v) is 18.1. The summed E-state index contributed by atoms with van der Waals surface area (Å²) in [7, 11) is 2.75. The molecule has 1 saturated heterocycles. The van der Waals surface area contributed by atoms with E-state index in [2.05, 4.69) is 143 Å². The lowest BCUT2D eigenvalue weighted by Crippen LogP contribution is -2.26. The smallest absolute Gasteiger partial charge is 0.384 e. The van der Waals surface area contributed by atoms with Gasteiger partial charge >= 0.3 is 12.4 Å². The quantitative estimate of drug-likeness (QED) is 0.259. The molecule has 1 heterocycles. The fourth-order valence-electron chi connectivity index (χ4n) is 1.73. The van der Waals surface area contributed by atoms with Crippen LogP contribution in [0.15, 0.2) is 0 Å². The average Bonchev–Trinajstić information content (AvgIpc) is 3.46. The van der Waals surface area contributed by atoms with Crippen molar-refractivity contribution in [2.75, 3.05) is 34.0 Å². The molecule has 2 atom stereocenters. The molecule has 1 saturated carbocycles. The molecule has 2 rings (SSSR count). The molecule has 0 aromatic heterocycles. The van der Waals surface area contributed by atoms with Crippen molar-refractivity contribution in [1.82, 2.24) is 0 Å². The Labute approximate surface area is 344 Å². The summed E-state index contributed by atoms with van der Waals surface area (Å²) in [6.45, 7) is 51.8. The van der Waals surface area contributed by atoms with Crippen LogP contribution in [0.5, 0.6) is 0 Å².